The van der Waals surface area contributed by atoms with Crippen LogP contribution in [0.5, 0.6) is 0 Å². The molecule has 1 aliphatic heterocycles. The molecule has 3 nitrogen and oxygen atoms in total. The number of allylic oxidation sites excluding steroid dienone is 3. The highest BCUT2D eigenvalue weighted by molar-refractivity contribution is 5.78. The smallest absolute Gasteiger partial charge is 0.140 e. The highest BCUT2D eigenvalue weighted by Gasteiger charge is 2.46. The molecule has 0 spiro atoms. The number of anilines is 2. The molecule has 3 heteroatoms. The molecule has 0 bridgehead atoms. The summed E-state index contributed by atoms with van der Waals surface area (Å²) < 4.78 is 2.42. The van der Waals surface area contributed by atoms with E-state index < -0.39 is 0 Å². The third-order valence-electron chi connectivity index (χ3n) is 9.52. The minimum absolute atomic E-state index is 0.00190. The third kappa shape index (κ3) is 4.22. The SMILES string of the molecule is CC1(C)c2ccccc2N(c2cc3c(n2-c2cc(-c4ccccc4)cc(-c4ccccc4)n2)C=CCC3)C2C=CC=CC21. The first-order chi connectivity index (χ1) is 21.1. The first kappa shape index (κ1) is 25.8. The molecule has 3 heterocycles. The molecule has 0 N–H and O–H groups in total. The number of aromatic nitrogens is 2. The maximum Gasteiger partial charge on any atom is 0.140 e. The molecule has 2 unspecified atom stereocenters. The van der Waals surface area contributed by atoms with Crippen LogP contribution in [0.15, 0.2) is 134 Å². The molecule has 0 saturated heterocycles. The van der Waals surface area contributed by atoms with Crippen molar-refractivity contribution in [2.45, 2.75) is 38.1 Å². The molecule has 2 aromatic heterocycles. The number of hydrogen-bond acceptors (Lipinski definition) is 2. The topological polar surface area (TPSA) is 21.1 Å². The maximum absolute atomic E-state index is 5.39. The minimum atomic E-state index is 0.00190. The molecule has 0 amide bonds. The second-order valence-corrected chi connectivity index (χ2v) is 12.4. The summed E-state index contributed by atoms with van der Waals surface area (Å²) in [6.45, 7) is 4.79. The number of pyridine rings is 1. The van der Waals surface area contributed by atoms with Crippen LogP contribution in [0.1, 0.15) is 37.1 Å². The van der Waals surface area contributed by atoms with Crippen LogP contribution in [0.2, 0.25) is 0 Å². The molecule has 0 radical (unpaired) electrons. The second kappa shape index (κ2) is 10.1. The molecule has 2 atom stereocenters. The Labute approximate surface area is 254 Å². The zero-order chi connectivity index (χ0) is 29.0. The number of rotatable bonds is 4. The van der Waals surface area contributed by atoms with E-state index >= 15 is 0 Å². The standard InChI is InChI=1S/C40H35N3/c1-40(2)32-20-10-13-23-36(32)42(37-24-14-11-21-33(37)40)39-27-30-19-9-12-22-35(30)43(39)38-26-31(28-15-5-3-6-16-28)25-34(41-38)29-17-7-4-8-18-29/h3-8,10-18,20-27,32,36H,9,19H2,1-2H3. The summed E-state index contributed by atoms with van der Waals surface area (Å²) in [5.74, 6) is 2.45. The molecule has 43 heavy (non-hydrogen) atoms. The van der Waals surface area contributed by atoms with Crippen LogP contribution in [0, 0.1) is 5.92 Å². The van der Waals surface area contributed by atoms with Crippen molar-refractivity contribution in [2.75, 3.05) is 4.90 Å². The first-order valence-electron chi connectivity index (χ1n) is 15.4. The normalized spacial score (nSPS) is 19.5. The fourth-order valence-corrected chi connectivity index (χ4v) is 7.33. The summed E-state index contributed by atoms with van der Waals surface area (Å²) >= 11 is 0. The van der Waals surface area contributed by atoms with E-state index in [1.807, 2.05) is 0 Å². The zero-order valence-corrected chi connectivity index (χ0v) is 24.7. The van der Waals surface area contributed by atoms with E-state index in [0.717, 1.165) is 35.5 Å². The fourth-order valence-electron chi connectivity index (χ4n) is 7.33. The van der Waals surface area contributed by atoms with Gasteiger partial charge in [0.25, 0.3) is 0 Å². The molecule has 3 aromatic carbocycles. The predicted octanol–water partition coefficient (Wildman–Crippen LogP) is 9.71. The Morgan fingerprint density at radius 1 is 0.744 bits per heavy atom. The van der Waals surface area contributed by atoms with Gasteiger partial charge in [-0.2, -0.15) is 0 Å². The van der Waals surface area contributed by atoms with Crippen LogP contribution in [0.3, 0.4) is 0 Å². The summed E-state index contributed by atoms with van der Waals surface area (Å²) in [7, 11) is 0. The highest BCUT2D eigenvalue weighted by atomic mass is 15.3. The maximum atomic E-state index is 5.39. The van der Waals surface area contributed by atoms with Crippen molar-refractivity contribution >= 4 is 17.6 Å². The lowest BCUT2D eigenvalue weighted by atomic mass is 9.65. The lowest BCUT2D eigenvalue weighted by molar-refractivity contribution is 0.331. The van der Waals surface area contributed by atoms with Gasteiger partial charge < -0.3 is 4.90 Å². The summed E-state index contributed by atoms with van der Waals surface area (Å²) in [5.41, 5.74) is 9.70. The zero-order valence-electron chi connectivity index (χ0n) is 24.7. The van der Waals surface area contributed by atoms with Gasteiger partial charge in [-0.05, 0) is 65.4 Å². The predicted molar refractivity (Wildman–Crippen MR) is 179 cm³/mol. The molecule has 3 aliphatic rings. The summed E-state index contributed by atoms with van der Waals surface area (Å²) in [6.07, 6.45) is 15.9. The molecular weight excluding hydrogens is 522 g/mol. The van der Waals surface area contributed by atoms with Crippen LogP contribution in [-0.4, -0.2) is 15.6 Å². The quantitative estimate of drug-likeness (QED) is 0.219. The van der Waals surface area contributed by atoms with Gasteiger partial charge in [0.15, 0.2) is 0 Å². The molecule has 2 aliphatic carbocycles. The van der Waals surface area contributed by atoms with Crippen LogP contribution in [0.25, 0.3) is 34.3 Å². The molecule has 8 rings (SSSR count). The van der Waals surface area contributed by atoms with Crippen molar-refractivity contribution in [3.05, 3.63) is 150 Å². The summed E-state index contributed by atoms with van der Waals surface area (Å²) in [5, 5.41) is 0. The Morgan fingerprint density at radius 3 is 2.28 bits per heavy atom. The Balaban J connectivity index is 1.41. The van der Waals surface area contributed by atoms with Crippen LogP contribution in [0.4, 0.5) is 11.5 Å². The first-order valence-corrected chi connectivity index (χ1v) is 15.4. The number of hydrogen-bond donors (Lipinski definition) is 0. The number of para-hydroxylation sites is 1. The molecule has 0 saturated carbocycles. The third-order valence-corrected chi connectivity index (χ3v) is 9.52. The Hall–Kier alpha value is -4.89. The van der Waals surface area contributed by atoms with Crippen LogP contribution in [-0.2, 0) is 11.8 Å². The van der Waals surface area contributed by atoms with Gasteiger partial charge >= 0.3 is 0 Å². The van der Waals surface area contributed by atoms with E-state index in [1.165, 1.54) is 33.9 Å². The van der Waals surface area contributed by atoms with Crippen molar-refractivity contribution in [3.8, 4) is 28.2 Å². The van der Waals surface area contributed by atoms with Gasteiger partial charge in [-0.15, -0.1) is 0 Å². The fraction of sp³-hybridized carbons (Fsp3) is 0.175. The van der Waals surface area contributed by atoms with Gasteiger partial charge in [0.2, 0.25) is 0 Å². The van der Waals surface area contributed by atoms with Crippen molar-refractivity contribution in [3.63, 3.8) is 0 Å². The molecule has 5 aromatic rings. The molecule has 210 valence electrons. The second-order valence-electron chi connectivity index (χ2n) is 12.4. The molecule has 0 fully saturated rings. The number of nitrogens with zero attached hydrogens (tertiary/aromatic N) is 3. The lowest BCUT2D eigenvalue weighted by Gasteiger charge is -2.50. The van der Waals surface area contributed by atoms with E-state index in [1.54, 1.807) is 0 Å². The monoisotopic (exact) mass is 557 g/mol. The van der Waals surface area contributed by atoms with Gasteiger partial charge in [-0.3, -0.25) is 4.57 Å². The Morgan fingerprint density at radius 2 is 1.47 bits per heavy atom. The lowest BCUT2D eigenvalue weighted by Crippen LogP contribution is -2.50. The minimum Gasteiger partial charge on any atom is -0.320 e. The van der Waals surface area contributed by atoms with Gasteiger partial charge in [0, 0.05) is 22.6 Å². The van der Waals surface area contributed by atoms with Crippen molar-refractivity contribution in [1.82, 2.24) is 9.55 Å². The van der Waals surface area contributed by atoms with Crippen LogP contribution < -0.4 is 4.90 Å². The van der Waals surface area contributed by atoms with Gasteiger partial charge in [-0.25, -0.2) is 4.98 Å². The van der Waals surface area contributed by atoms with Crippen molar-refractivity contribution < 1.29 is 0 Å². The van der Waals surface area contributed by atoms with Gasteiger partial charge in [0.1, 0.15) is 11.6 Å². The number of benzene rings is 3. The van der Waals surface area contributed by atoms with Crippen LogP contribution >= 0.6 is 0 Å². The van der Waals surface area contributed by atoms with Crippen molar-refractivity contribution in [2.24, 2.45) is 5.92 Å². The summed E-state index contributed by atoms with van der Waals surface area (Å²) in [6, 6.07) is 37.3. The van der Waals surface area contributed by atoms with Crippen molar-refractivity contribution in [1.29, 1.82) is 0 Å². The Bertz CT molecular complexity index is 1850. The number of fused-ring (bicyclic) bond motifs is 3. The number of aryl methyl sites for hydroxylation is 1. The van der Waals surface area contributed by atoms with E-state index in [-0.39, 0.29) is 11.5 Å². The van der Waals surface area contributed by atoms with E-state index in [9.17, 15) is 0 Å². The Kier molecular flexibility index (Phi) is 6.08. The average Bonchev–Trinajstić information content (AvgIpc) is 3.45. The summed E-state index contributed by atoms with van der Waals surface area (Å²) in [4.78, 5) is 7.97. The van der Waals surface area contributed by atoms with E-state index in [0.29, 0.717) is 5.92 Å². The molecular formula is C40H35N3. The van der Waals surface area contributed by atoms with E-state index in [2.05, 4.69) is 163 Å². The van der Waals surface area contributed by atoms with E-state index in [4.69, 9.17) is 4.98 Å². The highest BCUT2D eigenvalue weighted by Crippen LogP contribution is 2.51. The average molecular weight is 558 g/mol. The van der Waals surface area contributed by atoms with Gasteiger partial charge in [0.05, 0.1) is 17.4 Å². The largest absolute Gasteiger partial charge is 0.320 e. The van der Waals surface area contributed by atoms with Gasteiger partial charge in [-0.1, -0.05) is 123 Å².